The van der Waals surface area contributed by atoms with Crippen LogP contribution in [0.25, 0.3) is 37.5 Å². The van der Waals surface area contributed by atoms with Gasteiger partial charge < -0.3 is 0 Å². The van der Waals surface area contributed by atoms with Gasteiger partial charge in [-0.1, -0.05) is 29.5 Å². The van der Waals surface area contributed by atoms with E-state index < -0.39 is 0 Å². The van der Waals surface area contributed by atoms with Crippen LogP contribution in [0.2, 0.25) is 0 Å². The molecule has 1 aliphatic rings. The van der Waals surface area contributed by atoms with E-state index in [0.29, 0.717) is 0 Å². The highest BCUT2D eigenvalue weighted by atomic mass is 32.1. The summed E-state index contributed by atoms with van der Waals surface area (Å²) in [6, 6.07) is 16.9. The Balaban J connectivity index is 1.83. The molecule has 0 aliphatic carbocycles. The summed E-state index contributed by atoms with van der Waals surface area (Å²) in [4.78, 5) is 10.2. The van der Waals surface area contributed by atoms with E-state index in [1.807, 2.05) is 36.0 Å². The molecule has 5 heterocycles. The fourth-order valence-electron chi connectivity index (χ4n) is 3.81. The number of hydrogen-bond acceptors (Lipinski definition) is 3. The first-order valence-electron chi connectivity index (χ1n) is 8.22. The fraction of sp³-hybridized carbons (Fsp3) is 0.0500. The molecular formula is C20H13N4S+. The van der Waals surface area contributed by atoms with E-state index >= 15 is 0 Å². The summed E-state index contributed by atoms with van der Waals surface area (Å²) in [7, 11) is 0. The fourth-order valence-corrected chi connectivity index (χ4v) is 5.00. The van der Waals surface area contributed by atoms with Crippen LogP contribution in [0.4, 0.5) is 0 Å². The lowest BCUT2D eigenvalue weighted by Gasteiger charge is -2.00. The number of hydrogen-bond donors (Lipinski definition) is 0. The second-order valence-corrected chi connectivity index (χ2v) is 7.24. The maximum atomic E-state index is 4.61. The first-order chi connectivity index (χ1) is 12.4. The van der Waals surface area contributed by atoms with Crippen molar-refractivity contribution in [3.8, 4) is 17.1 Å². The molecule has 5 heteroatoms. The van der Waals surface area contributed by atoms with Crippen molar-refractivity contribution in [2.24, 2.45) is 0 Å². The van der Waals surface area contributed by atoms with E-state index in [-0.39, 0.29) is 0 Å². The van der Waals surface area contributed by atoms with Crippen molar-refractivity contribution in [1.82, 2.24) is 14.5 Å². The standard InChI is InChI=1S/C20H13N4S/c1-2-5-13(6-3-1)24-19-14-7-4-9-22-16(14)12-23(19)18-15-11-21-10-8-17(15)25-20(18)24/h1-11H,12H2/q+1. The van der Waals surface area contributed by atoms with Crippen molar-refractivity contribution in [2.75, 3.05) is 0 Å². The second kappa shape index (κ2) is 4.74. The number of nitrogens with zero attached hydrogens (tertiary/aromatic N) is 4. The maximum absolute atomic E-state index is 4.61. The highest BCUT2D eigenvalue weighted by molar-refractivity contribution is 7.25. The molecule has 0 radical (unpaired) electrons. The lowest BCUT2D eigenvalue weighted by Crippen LogP contribution is -2.31. The summed E-state index contributed by atoms with van der Waals surface area (Å²) in [6.45, 7) is 0.808. The molecule has 0 saturated heterocycles. The predicted molar refractivity (Wildman–Crippen MR) is 99.0 cm³/mol. The Hall–Kier alpha value is -3.05. The molecule has 0 amide bonds. The van der Waals surface area contributed by atoms with Gasteiger partial charge in [-0.15, -0.1) is 0 Å². The molecule has 1 aliphatic heterocycles. The minimum absolute atomic E-state index is 0.808. The van der Waals surface area contributed by atoms with Gasteiger partial charge in [0.05, 0.1) is 16.6 Å². The van der Waals surface area contributed by atoms with E-state index in [0.717, 1.165) is 12.2 Å². The number of fused-ring (bicyclic) bond motifs is 7. The summed E-state index contributed by atoms with van der Waals surface area (Å²) in [5.41, 5.74) is 4.78. The molecule has 4 nitrogen and oxygen atoms in total. The maximum Gasteiger partial charge on any atom is 0.298 e. The normalized spacial score (nSPS) is 12.6. The van der Waals surface area contributed by atoms with Gasteiger partial charge in [0, 0.05) is 23.3 Å². The molecule has 6 rings (SSSR count). The van der Waals surface area contributed by atoms with E-state index in [4.69, 9.17) is 0 Å². The van der Waals surface area contributed by atoms with Gasteiger partial charge in [0.1, 0.15) is 12.2 Å². The number of aromatic nitrogens is 4. The predicted octanol–water partition coefficient (Wildman–Crippen LogP) is 3.95. The van der Waals surface area contributed by atoms with Crippen LogP contribution in [-0.2, 0) is 6.54 Å². The smallest absolute Gasteiger partial charge is 0.264 e. The molecule has 0 N–H and O–H groups in total. The van der Waals surface area contributed by atoms with Crippen LogP contribution in [0, 0.1) is 0 Å². The summed E-state index contributed by atoms with van der Waals surface area (Å²) in [6.07, 6.45) is 5.72. The van der Waals surface area contributed by atoms with E-state index in [1.165, 1.54) is 37.5 Å². The zero-order chi connectivity index (χ0) is 16.4. The van der Waals surface area contributed by atoms with E-state index in [1.54, 1.807) is 0 Å². The molecule has 0 saturated carbocycles. The van der Waals surface area contributed by atoms with Crippen molar-refractivity contribution in [2.45, 2.75) is 6.54 Å². The highest BCUT2D eigenvalue weighted by Crippen LogP contribution is 2.39. The summed E-state index contributed by atoms with van der Waals surface area (Å²) >= 11 is 1.82. The van der Waals surface area contributed by atoms with Gasteiger partial charge >= 0.3 is 0 Å². The van der Waals surface area contributed by atoms with Crippen LogP contribution in [-0.4, -0.2) is 14.5 Å². The zero-order valence-electron chi connectivity index (χ0n) is 13.3. The number of pyridine rings is 2. The first-order valence-corrected chi connectivity index (χ1v) is 9.04. The van der Waals surface area contributed by atoms with Crippen LogP contribution in [0.1, 0.15) is 5.69 Å². The van der Waals surface area contributed by atoms with Gasteiger partial charge in [-0.05, 0) is 30.3 Å². The summed E-state index contributed by atoms with van der Waals surface area (Å²) in [5.74, 6) is 1.21. The first kappa shape index (κ1) is 13.3. The molecule has 0 atom stereocenters. The highest BCUT2D eigenvalue weighted by Gasteiger charge is 2.37. The molecule has 0 bridgehead atoms. The third kappa shape index (κ3) is 1.68. The topological polar surface area (TPSA) is 34.6 Å². The third-order valence-electron chi connectivity index (χ3n) is 4.84. The van der Waals surface area contributed by atoms with Crippen molar-refractivity contribution in [1.29, 1.82) is 0 Å². The Morgan fingerprint density at radius 1 is 1.00 bits per heavy atom. The van der Waals surface area contributed by atoms with Gasteiger partial charge in [-0.2, -0.15) is 4.57 Å². The number of imidazole rings is 1. The molecule has 5 aromatic rings. The zero-order valence-corrected chi connectivity index (χ0v) is 14.1. The number of benzene rings is 1. The van der Waals surface area contributed by atoms with Gasteiger partial charge in [0.2, 0.25) is 4.83 Å². The van der Waals surface area contributed by atoms with Crippen molar-refractivity contribution in [3.63, 3.8) is 0 Å². The summed E-state index contributed by atoms with van der Waals surface area (Å²) < 4.78 is 6.03. The quantitative estimate of drug-likeness (QED) is 0.424. The molecule has 118 valence electrons. The molecule has 1 aromatic carbocycles. The Labute approximate surface area is 147 Å². The van der Waals surface area contributed by atoms with E-state index in [2.05, 4.69) is 61.6 Å². The largest absolute Gasteiger partial charge is 0.298 e. The van der Waals surface area contributed by atoms with Gasteiger partial charge in [0.25, 0.3) is 5.82 Å². The van der Waals surface area contributed by atoms with E-state index in [9.17, 15) is 0 Å². The molecule has 0 fully saturated rings. The summed E-state index contributed by atoms with van der Waals surface area (Å²) in [5, 5.41) is 1.21. The molecule has 25 heavy (non-hydrogen) atoms. The molecule has 0 spiro atoms. The van der Waals surface area contributed by atoms with Crippen molar-refractivity contribution < 1.29 is 4.57 Å². The number of rotatable bonds is 1. The monoisotopic (exact) mass is 341 g/mol. The Bertz CT molecular complexity index is 1270. The third-order valence-corrected chi connectivity index (χ3v) is 5.98. The average Bonchev–Trinajstić information content (AvgIpc) is 3.29. The number of para-hydroxylation sites is 1. The Morgan fingerprint density at radius 3 is 2.84 bits per heavy atom. The Morgan fingerprint density at radius 2 is 1.92 bits per heavy atom. The van der Waals surface area contributed by atoms with Crippen LogP contribution in [0.5, 0.6) is 0 Å². The van der Waals surface area contributed by atoms with Crippen LogP contribution in [0.3, 0.4) is 0 Å². The Kier molecular flexibility index (Phi) is 2.51. The molecule has 0 unspecified atom stereocenters. The van der Waals surface area contributed by atoms with Crippen LogP contribution in [0.15, 0.2) is 67.1 Å². The van der Waals surface area contributed by atoms with Gasteiger partial charge in [0.15, 0.2) is 5.52 Å². The van der Waals surface area contributed by atoms with Crippen LogP contribution < -0.4 is 4.57 Å². The minimum Gasteiger partial charge on any atom is -0.264 e. The second-order valence-electron chi connectivity index (χ2n) is 6.21. The SMILES string of the molecule is c1ccc(-n2c3[n+](c4c5cnccc5sc42)Cc2ncccc2-3)cc1. The van der Waals surface area contributed by atoms with Crippen LogP contribution >= 0.6 is 11.3 Å². The van der Waals surface area contributed by atoms with Crippen molar-refractivity contribution >= 4 is 31.8 Å². The lowest BCUT2D eigenvalue weighted by atomic mass is 10.2. The molecular weight excluding hydrogens is 328 g/mol. The number of thiophene rings is 1. The van der Waals surface area contributed by atoms with Crippen molar-refractivity contribution in [3.05, 3.63) is 72.8 Å². The molecule has 4 aromatic heterocycles. The lowest BCUT2D eigenvalue weighted by molar-refractivity contribution is -0.645. The average molecular weight is 341 g/mol. The minimum atomic E-state index is 0.808. The van der Waals surface area contributed by atoms with Gasteiger partial charge in [-0.3, -0.25) is 9.97 Å². The van der Waals surface area contributed by atoms with Gasteiger partial charge in [-0.25, -0.2) is 4.57 Å².